The van der Waals surface area contributed by atoms with Crippen molar-refractivity contribution in [2.24, 2.45) is 0 Å². The maximum absolute atomic E-state index is 13.8. The van der Waals surface area contributed by atoms with E-state index < -0.39 is 11.2 Å². The number of hydrogen-bond acceptors (Lipinski definition) is 4. The molecule has 0 atom stereocenters. The quantitative estimate of drug-likeness (QED) is 0.458. The number of carbonyl (C=O) groups is 1. The van der Waals surface area contributed by atoms with E-state index in [4.69, 9.17) is 0 Å². The van der Waals surface area contributed by atoms with Crippen LogP contribution in [0, 0.1) is 27.7 Å². The van der Waals surface area contributed by atoms with Crippen LogP contribution in [0.4, 0.5) is 0 Å². The molecule has 0 N–H and O–H groups in total. The molecule has 33 heavy (non-hydrogen) atoms. The number of carbonyl (C=O) groups excluding carboxylic acids is 1. The molecule has 0 bridgehead atoms. The minimum atomic E-state index is -0.414. The van der Waals surface area contributed by atoms with Gasteiger partial charge in [-0.05, 0) is 62.1 Å². The molecule has 4 aromatic rings. The van der Waals surface area contributed by atoms with Crippen LogP contribution in [0.1, 0.15) is 37.5 Å². The maximum atomic E-state index is 13.8. The molecule has 0 aliphatic rings. The Bertz CT molecular complexity index is 1490. The fourth-order valence-electron chi connectivity index (χ4n) is 4.32. The Morgan fingerprint density at radius 2 is 1.58 bits per heavy atom. The summed E-state index contributed by atoms with van der Waals surface area (Å²) in [6.45, 7) is 8.21. The summed E-state index contributed by atoms with van der Waals surface area (Å²) >= 11 is 1.21. The summed E-state index contributed by atoms with van der Waals surface area (Å²) in [5.74, 6) is -0.180. The second-order valence-corrected chi connectivity index (χ2v) is 9.66. The molecular formula is C26H27N3O3S. The zero-order valence-corrected chi connectivity index (χ0v) is 20.5. The molecule has 2 aromatic carbocycles. The standard InChI is InChI=1S/C26H27N3O3S/c1-15-12-16(2)20(17(3)13-15)14-28-25-21(18(4)22(33-25)24(31)27(5)6)23(30)29(26(28)32)19-10-8-7-9-11-19/h7-13H,14H2,1-6H3. The first-order valence-corrected chi connectivity index (χ1v) is 11.6. The number of benzene rings is 2. The van der Waals surface area contributed by atoms with Gasteiger partial charge >= 0.3 is 5.69 Å². The Morgan fingerprint density at radius 1 is 0.970 bits per heavy atom. The number of rotatable bonds is 4. The minimum Gasteiger partial charge on any atom is -0.344 e. The van der Waals surface area contributed by atoms with Crippen LogP contribution in [0.2, 0.25) is 0 Å². The number of aryl methyl sites for hydroxylation is 4. The molecular weight excluding hydrogens is 434 g/mol. The molecule has 4 rings (SSSR count). The highest BCUT2D eigenvalue weighted by Crippen LogP contribution is 2.30. The first kappa shape index (κ1) is 22.7. The van der Waals surface area contributed by atoms with Gasteiger partial charge in [0.1, 0.15) is 4.83 Å². The summed E-state index contributed by atoms with van der Waals surface area (Å²) in [5, 5.41) is 0.413. The van der Waals surface area contributed by atoms with Crippen LogP contribution in [-0.4, -0.2) is 34.0 Å². The molecule has 7 heteroatoms. The lowest BCUT2D eigenvalue weighted by atomic mass is 10.00. The third kappa shape index (κ3) is 3.82. The molecule has 0 radical (unpaired) electrons. The molecule has 2 heterocycles. The Morgan fingerprint density at radius 3 is 2.15 bits per heavy atom. The monoisotopic (exact) mass is 461 g/mol. The van der Waals surface area contributed by atoms with Crippen molar-refractivity contribution >= 4 is 27.5 Å². The summed E-state index contributed by atoms with van der Waals surface area (Å²) in [4.78, 5) is 42.7. The lowest BCUT2D eigenvalue weighted by Gasteiger charge is -2.16. The fourth-order valence-corrected chi connectivity index (χ4v) is 5.63. The molecule has 0 saturated heterocycles. The minimum absolute atomic E-state index is 0.180. The van der Waals surface area contributed by atoms with Crippen LogP contribution in [0.25, 0.3) is 15.9 Å². The zero-order chi connectivity index (χ0) is 24.0. The van der Waals surface area contributed by atoms with E-state index in [9.17, 15) is 14.4 Å². The highest BCUT2D eigenvalue weighted by molar-refractivity contribution is 7.20. The number of aromatic nitrogens is 2. The van der Waals surface area contributed by atoms with E-state index in [0.29, 0.717) is 32.9 Å². The fraction of sp³-hybridized carbons (Fsp3) is 0.269. The molecule has 1 amide bonds. The summed E-state index contributed by atoms with van der Waals surface area (Å²) in [5.41, 5.74) is 4.66. The topological polar surface area (TPSA) is 64.3 Å². The van der Waals surface area contributed by atoms with Gasteiger partial charge in [0.15, 0.2) is 0 Å². The lowest BCUT2D eigenvalue weighted by molar-refractivity contribution is 0.0831. The summed E-state index contributed by atoms with van der Waals surface area (Å²) < 4.78 is 2.85. The van der Waals surface area contributed by atoms with E-state index in [1.54, 1.807) is 49.9 Å². The van der Waals surface area contributed by atoms with Crippen molar-refractivity contribution in [2.75, 3.05) is 14.1 Å². The van der Waals surface area contributed by atoms with Crippen molar-refractivity contribution in [3.63, 3.8) is 0 Å². The molecule has 0 aliphatic heterocycles. The van der Waals surface area contributed by atoms with Gasteiger partial charge in [-0.2, -0.15) is 0 Å². The van der Waals surface area contributed by atoms with Crippen LogP contribution in [0.5, 0.6) is 0 Å². The van der Waals surface area contributed by atoms with Crippen LogP contribution >= 0.6 is 11.3 Å². The van der Waals surface area contributed by atoms with E-state index in [1.165, 1.54) is 20.8 Å². The largest absolute Gasteiger partial charge is 0.344 e. The second-order valence-electron chi connectivity index (χ2n) is 8.66. The second kappa shape index (κ2) is 8.48. The number of hydrogen-bond donors (Lipinski definition) is 0. The molecule has 6 nitrogen and oxygen atoms in total. The highest BCUT2D eigenvalue weighted by atomic mass is 32.1. The van der Waals surface area contributed by atoms with Crippen molar-refractivity contribution in [1.82, 2.24) is 14.0 Å². The smallest absolute Gasteiger partial charge is 0.337 e. The number of para-hydroxylation sites is 1. The van der Waals surface area contributed by atoms with Gasteiger partial charge in [0.2, 0.25) is 0 Å². The van der Waals surface area contributed by atoms with Crippen molar-refractivity contribution in [3.8, 4) is 5.69 Å². The number of nitrogens with zero attached hydrogens (tertiary/aromatic N) is 3. The maximum Gasteiger partial charge on any atom is 0.337 e. The first-order valence-electron chi connectivity index (χ1n) is 10.7. The van der Waals surface area contributed by atoms with E-state index >= 15 is 0 Å². The highest BCUT2D eigenvalue weighted by Gasteiger charge is 2.25. The Hall–Kier alpha value is -3.45. The molecule has 170 valence electrons. The predicted octanol–water partition coefficient (Wildman–Crippen LogP) is 4.20. The Labute approximate surface area is 196 Å². The molecule has 0 aliphatic carbocycles. The normalized spacial score (nSPS) is 11.2. The molecule has 0 fully saturated rings. The van der Waals surface area contributed by atoms with Crippen LogP contribution in [0.15, 0.2) is 52.1 Å². The third-order valence-corrected chi connectivity index (χ3v) is 7.29. The first-order chi connectivity index (χ1) is 15.6. The summed E-state index contributed by atoms with van der Waals surface area (Å²) in [6, 6.07) is 13.1. The Balaban J connectivity index is 2.11. The van der Waals surface area contributed by atoms with Gasteiger partial charge in [-0.3, -0.25) is 14.2 Å². The van der Waals surface area contributed by atoms with Gasteiger partial charge in [-0.15, -0.1) is 11.3 Å². The average Bonchev–Trinajstić information content (AvgIpc) is 3.10. The van der Waals surface area contributed by atoms with Gasteiger partial charge in [0, 0.05) is 14.1 Å². The van der Waals surface area contributed by atoms with Gasteiger partial charge in [0.25, 0.3) is 11.5 Å². The van der Waals surface area contributed by atoms with Gasteiger partial charge in [0.05, 0.1) is 22.5 Å². The SMILES string of the molecule is Cc1cc(C)c(Cn2c(=O)n(-c3ccccc3)c(=O)c3c(C)c(C(=O)N(C)C)sc32)c(C)c1. The molecule has 0 spiro atoms. The van der Waals surface area contributed by atoms with E-state index in [-0.39, 0.29) is 5.91 Å². The average molecular weight is 462 g/mol. The zero-order valence-electron chi connectivity index (χ0n) is 19.7. The number of thiophene rings is 1. The van der Waals surface area contributed by atoms with Crippen LogP contribution < -0.4 is 11.2 Å². The predicted molar refractivity (Wildman–Crippen MR) is 134 cm³/mol. The molecule has 2 aromatic heterocycles. The Kier molecular flexibility index (Phi) is 5.84. The summed E-state index contributed by atoms with van der Waals surface area (Å²) in [6.07, 6.45) is 0. The van der Waals surface area contributed by atoms with Gasteiger partial charge in [-0.25, -0.2) is 9.36 Å². The lowest BCUT2D eigenvalue weighted by Crippen LogP contribution is -2.39. The third-order valence-electron chi connectivity index (χ3n) is 5.98. The van der Waals surface area contributed by atoms with E-state index in [0.717, 1.165) is 22.3 Å². The number of fused-ring (bicyclic) bond motifs is 1. The van der Waals surface area contributed by atoms with Gasteiger partial charge < -0.3 is 4.90 Å². The van der Waals surface area contributed by atoms with Crippen LogP contribution in [-0.2, 0) is 6.54 Å². The van der Waals surface area contributed by atoms with Crippen molar-refractivity contribution < 1.29 is 4.79 Å². The number of amides is 1. The molecule has 0 unspecified atom stereocenters. The van der Waals surface area contributed by atoms with Gasteiger partial charge in [-0.1, -0.05) is 35.9 Å². The van der Waals surface area contributed by atoms with E-state index in [1.807, 2.05) is 26.8 Å². The van der Waals surface area contributed by atoms with E-state index in [2.05, 4.69) is 12.1 Å². The van der Waals surface area contributed by atoms with Crippen molar-refractivity contribution in [2.45, 2.75) is 34.2 Å². The molecule has 0 saturated carbocycles. The van der Waals surface area contributed by atoms with Crippen molar-refractivity contribution in [1.29, 1.82) is 0 Å². The van der Waals surface area contributed by atoms with Crippen molar-refractivity contribution in [3.05, 3.63) is 96.0 Å². The van der Waals surface area contributed by atoms with Crippen LogP contribution in [0.3, 0.4) is 0 Å². The summed E-state index contributed by atoms with van der Waals surface area (Å²) in [7, 11) is 3.36.